The van der Waals surface area contributed by atoms with Gasteiger partial charge >= 0.3 is 0 Å². The minimum Gasteiger partial charge on any atom is -0.414 e. The van der Waals surface area contributed by atoms with Gasteiger partial charge in [-0.3, -0.25) is 0 Å². The molecule has 0 aromatic heterocycles. The second-order valence-electron chi connectivity index (χ2n) is 6.59. The number of aliphatic hydroxyl groups excluding tert-OH is 1. The van der Waals surface area contributed by atoms with Crippen molar-refractivity contribution in [2.75, 3.05) is 6.61 Å². The summed E-state index contributed by atoms with van der Waals surface area (Å²) in [4.78, 5) is 0. The largest absolute Gasteiger partial charge is 0.414 e. The Morgan fingerprint density at radius 3 is 2.50 bits per heavy atom. The molecule has 104 valence electrons. The van der Waals surface area contributed by atoms with E-state index in [4.69, 9.17) is 13.9 Å². The lowest BCUT2D eigenvalue weighted by Crippen LogP contribution is -2.45. The molecule has 0 aromatic carbocycles. The molecular formula is C13H24O4Si. The number of fused-ring (bicyclic) bond motifs is 2. The Bertz CT molecular complexity index is 334. The van der Waals surface area contributed by atoms with E-state index in [1.54, 1.807) is 12.2 Å². The van der Waals surface area contributed by atoms with Crippen LogP contribution in [0.1, 0.15) is 20.8 Å². The van der Waals surface area contributed by atoms with Gasteiger partial charge in [0.05, 0.1) is 6.61 Å². The van der Waals surface area contributed by atoms with Gasteiger partial charge in [-0.2, -0.15) is 0 Å². The molecule has 4 nitrogen and oxygen atoms in total. The van der Waals surface area contributed by atoms with Crippen LogP contribution in [0.4, 0.5) is 0 Å². The summed E-state index contributed by atoms with van der Waals surface area (Å²) >= 11 is 0. The fraction of sp³-hybridized carbons (Fsp3) is 0.846. The fourth-order valence-corrected chi connectivity index (χ4v) is 2.88. The van der Waals surface area contributed by atoms with Crippen molar-refractivity contribution < 1.29 is 19.0 Å². The number of hydrogen-bond acceptors (Lipinski definition) is 4. The topological polar surface area (TPSA) is 47.9 Å². The van der Waals surface area contributed by atoms with Gasteiger partial charge in [-0.15, -0.1) is 0 Å². The molecule has 0 amide bonds. The van der Waals surface area contributed by atoms with Gasteiger partial charge in [0.15, 0.2) is 14.6 Å². The summed E-state index contributed by atoms with van der Waals surface area (Å²) in [5, 5.41) is 10.00. The lowest BCUT2D eigenvalue weighted by molar-refractivity contribution is -0.0547. The lowest BCUT2D eigenvalue weighted by atomic mass is 10.1. The van der Waals surface area contributed by atoms with E-state index in [2.05, 4.69) is 33.9 Å². The van der Waals surface area contributed by atoms with Crippen LogP contribution in [0.2, 0.25) is 18.1 Å². The van der Waals surface area contributed by atoms with E-state index >= 15 is 0 Å². The molecule has 2 rings (SSSR count). The van der Waals surface area contributed by atoms with Gasteiger partial charge in [-0.1, -0.05) is 26.8 Å². The third-order valence-corrected chi connectivity index (χ3v) is 8.68. The predicted octanol–water partition coefficient (Wildman–Crippen LogP) is 2.05. The molecular weight excluding hydrogens is 248 g/mol. The Balaban J connectivity index is 1.93. The molecule has 0 radical (unpaired) electrons. The monoisotopic (exact) mass is 272 g/mol. The zero-order chi connectivity index (χ0) is 13.6. The lowest BCUT2D eigenvalue weighted by Gasteiger charge is -2.37. The van der Waals surface area contributed by atoms with Crippen LogP contribution in [0.3, 0.4) is 0 Å². The first-order valence-corrected chi connectivity index (χ1v) is 9.43. The van der Waals surface area contributed by atoms with Crippen molar-refractivity contribution in [2.24, 2.45) is 0 Å². The van der Waals surface area contributed by atoms with Gasteiger partial charge in [0.1, 0.15) is 18.3 Å². The molecule has 0 spiro atoms. The molecule has 2 bridgehead atoms. The van der Waals surface area contributed by atoms with Crippen LogP contribution >= 0.6 is 0 Å². The molecule has 0 saturated carbocycles. The summed E-state index contributed by atoms with van der Waals surface area (Å²) in [6.07, 6.45) is 2.14. The smallest absolute Gasteiger partial charge is 0.192 e. The van der Waals surface area contributed by atoms with E-state index in [0.717, 1.165) is 0 Å². The third-order valence-electron chi connectivity index (χ3n) is 4.18. The Hall–Kier alpha value is -0.203. The first-order chi connectivity index (χ1) is 8.21. The highest BCUT2D eigenvalue weighted by Crippen LogP contribution is 2.37. The average Bonchev–Trinajstić information content (AvgIpc) is 2.59. The summed E-state index contributed by atoms with van der Waals surface area (Å²) in [5.41, 5.74) is 0. The van der Waals surface area contributed by atoms with Crippen molar-refractivity contribution in [3.63, 3.8) is 0 Å². The highest BCUT2D eigenvalue weighted by molar-refractivity contribution is 6.74. The molecule has 0 unspecified atom stereocenters. The maximum absolute atomic E-state index is 9.82. The highest BCUT2D eigenvalue weighted by atomic mass is 28.4. The Labute approximate surface area is 110 Å². The van der Waals surface area contributed by atoms with Gasteiger partial charge < -0.3 is 19.0 Å². The zero-order valence-corrected chi connectivity index (χ0v) is 12.8. The number of aliphatic hydroxyl groups is 1. The van der Waals surface area contributed by atoms with Gasteiger partial charge in [0.2, 0.25) is 0 Å². The molecule has 4 atom stereocenters. The van der Waals surface area contributed by atoms with Crippen molar-refractivity contribution in [3.05, 3.63) is 12.2 Å². The minimum absolute atomic E-state index is 0.172. The second kappa shape index (κ2) is 4.72. The summed E-state index contributed by atoms with van der Waals surface area (Å²) in [6.45, 7) is 11.5. The van der Waals surface area contributed by atoms with Crippen molar-refractivity contribution in [3.8, 4) is 0 Å². The molecule has 1 N–H and O–H groups in total. The first-order valence-electron chi connectivity index (χ1n) is 6.52. The van der Waals surface area contributed by atoms with Gasteiger partial charge in [0.25, 0.3) is 0 Å². The highest BCUT2D eigenvalue weighted by Gasteiger charge is 2.44. The summed E-state index contributed by atoms with van der Waals surface area (Å²) < 4.78 is 17.4. The van der Waals surface area contributed by atoms with Crippen LogP contribution < -0.4 is 0 Å². The van der Waals surface area contributed by atoms with E-state index in [9.17, 15) is 5.11 Å². The molecule has 2 aliphatic rings. The number of rotatable bonds is 3. The van der Waals surface area contributed by atoms with E-state index in [1.807, 2.05) is 0 Å². The first kappa shape index (κ1) is 14.2. The van der Waals surface area contributed by atoms with Crippen LogP contribution in [0.15, 0.2) is 12.2 Å². The van der Waals surface area contributed by atoms with Crippen LogP contribution in [0, 0.1) is 0 Å². The summed E-state index contributed by atoms with van der Waals surface area (Å²) in [5.74, 6) is 0. The van der Waals surface area contributed by atoms with Crippen LogP contribution in [0.25, 0.3) is 0 Å². The zero-order valence-electron chi connectivity index (χ0n) is 11.8. The van der Waals surface area contributed by atoms with Crippen LogP contribution in [-0.4, -0.2) is 44.6 Å². The van der Waals surface area contributed by atoms with Crippen molar-refractivity contribution >= 4 is 8.32 Å². The van der Waals surface area contributed by atoms with Gasteiger partial charge in [-0.05, 0) is 24.2 Å². The molecule has 1 saturated heterocycles. The van der Waals surface area contributed by atoms with Crippen LogP contribution in [0.5, 0.6) is 0 Å². The fourth-order valence-electron chi connectivity index (χ4n) is 1.87. The van der Waals surface area contributed by atoms with E-state index in [-0.39, 0.29) is 23.5 Å². The minimum atomic E-state index is -1.78. The van der Waals surface area contributed by atoms with Gasteiger partial charge in [-0.25, -0.2) is 0 Å². The van der Waals surface area contributed by atoms with Crippen molar-refractivity contribution in [1.29, 1.82) is 0 Å². The summed E-state index contributed by atoms with van der Waals surface area (Å²) in [6, 6.07) is 0. The standard InChI is InChI=1S/C13H24O4Si/c1-13(2,3)18(4,5)15-8-10-12-9(14)6-7-11(16-10)17-12/h6-7,9-12,14H,8H2,1-5H3/t9-,10+,11-,12+/m1/s1. The predicted molar refractivity (Wildman–Crippen MR) is 71.8 cm³/mol. The molecule has 1 fully saturated rings. The molecule has 0 aromatic rings. The summed E-state index contributed by atoms with van der Waals surface area (Å²) in [7, 11) is -1.78. The molecule has 18 heavy (non-hydrogen) atoms. The maximum Gasteiger partial charge on any atom is 0.192 e. The average molecular weight is 272 g/mol. The molecule has 0 aliphatic carbocycles. The van der Waals surface area contributed by atoms with Crippen molar-refractivity contribution in [2.45, 2.75) is 63.5 Å². The van der Waals surface area contributed by atoms with E-state index in [1.165, 1.54) is 0 Å². The van der Waals surface area contributed by atoms with E-state index < -0.39 is 14.4 Å². The van der Waals surface area contributed by atoms with Crippen LogP contribution in [-0.2, 0) is 13.9 Å². The Kier molecular flexibility index (Phi) is 3.73. The normalized spacial score (nSPS) is 36.1. The second-order valence-corrected chi connectivity index (χ2v) is 11.4. The SMILES string of the molecule is CC(C)(C)[Si](C)(C)OC[C@@H]1O[C@H]2C=C[C@@H](O)[C@@H]1O2. The maximum atomic E-state index is 9.82. The van der Waals surface area contributed by atoms with Crippen molar-refractivity contribution in [1.82, 2.24) is 0 Å². The Morgan fingerprint density at radius 2 is 1.89 bits per heavy atom. The molecule has 5 heteroatoms. The van der Waals surface area contributed by atoms with E-state index in [0.29, 0.717) is 6.61 Å². The molecule has 2 heterocycles. The Morgan fingerprint density at radius 1 is 1.22 bits per heavy atom. The molecule has 2 aliphatic heterocycles. The third kappa shape index (κ3) is 2.70. The van der Waals surface area contributed by atoms with Gasteiger partial charge in [0, 0.05) is 0 Å². The number of hydrogen-bond donors (Lipinski definition) is 1. The quantitative estimate of drug-likeness (QED) is 0.631. The number of ether oxygens (including phenoxy) is 2.